The van der Waals surface area contributed by atoms with Gasteiger partial charge >= 0.3 is 11.3 Å². The van der Waals surface area contributed by atoms with Gasteiger partial charge in [0.05, 0.1) is 16.9 Å². The van der Waals surface area contributed by atoms with Gasteiger partial charge in [0.25, 0.3) is 0 Å². The molecule has 1 aromatic heterocycles. The highest BCUT2D eigenvalue weighted by molar-refractivity contribution is 6.05. The maximum Gasteiger partial charge on any atom is 0.361 e. The highest BCUT2D eigenvalue weighted by Gasteiger charge is 2.30. The van der Waals surface area contributed by atoms with Crippen molar-refractivity contribution in [3.8, 4) is 11.3 Å². The SMILES string of the molecule is O=C(c1ccccc1)C(c1ccccc1)c1cc(-c2ccccc2)[o+]c2ccccc12. The van der Waals surface area contributed by atoms with Crippen LogP contribution in [0.25, 0.3) is 22.3 Å². The Kier molecular flexibility index (Phi) is 5.12. The molecule has 5 aromatic rings. The van der Waals surface area contributed by atoms with Crippen LogP contribution >= 0.6 is 0 Å². The van der Waals surface area contributed by atoms with Gasteiger partial charge in [-0.2, -0.15) is 0 Å². The lowest BCUT2D eigenvalue weighted by Crippen LogP contribution is -2.15. The highest BCUT2D eigenvalue weighted by Crippen LogP contribution is 2.37. The minimum Gasteiger partial charge on any atom is -0.293 e. The fraction of sp³-hybridized carbons (Fsp3) is 0.0345. The quantitative estimate of drug-likeness (QED) is 0.227. The summed E-state index contributed by atoms with van der Waals surface area (Å²) >= 11 is 0. The minimum atomic E-state index is -0.438. The summed E-state index contributed by atoms with van der Waals surface area (Å²) in [4.78, 5) is 13.8. The van der Waals surface area contributed by atoms with Crippen molar-refractivity contribution in [2.75, 3.05) is 0 Å². The predicted molar refractivity (Wildman–Crippen MR) is 125 cm³/mol. The number of fused-ring (bicyclic) bond motifs is 1. The number of benzene rings is 4. The van der Waals surface area contributed by atoms with E-state index in [0.29, 0.717) is 5.56 Å². The molecule has 0 N–H and O–H groups in total. The molecule has 5 rings (SSSR count). The van der Waals surface area contributed by atoms with Gasteiger partial charge in [-0.1, -0.05) is 91.0 Å². The Labute approximate surface area is 181 Å². The second kappa shape index (κ2) is 8.37. The molecule has 1 atom stereocenters. The van der Waals surface area contributed by atoms with Crippen molar-refractivity contribution in [2.45, 2.75) is 5.92 Å². The van der Waals surface area contributed by atoms with Crippen LogP contribution in [0.5, 0.6) is 0 Å². The molecule has 0 spiro atoms. The van der Waals surface area contributed by atoms with Crippen LogP contribution in [0.1, 0.15) is 27.4 Å². The Morgan fingerprint density at radius 2 is 1.23 bits per heavy atom. The van der Waals surface area contributed by atoms with Crippen LogP contribution in [-0.4, -0.2) is 5.78 Å². The van der Waals surface area contributed by atoms with Gasteiger partial charge in [0.2, 0.25) is 0 Å². The van der Waals surface area contributed by atoms with E-state index in [1.54, 1.807) is 0 Å². The van der Waals surface area contributed by atoms with Crippen LogP contribution in [0.4, 0.5) is 0 Å². The zero-order valence-corrected chi connectivity index (χ0v) is 16.9. The largest absolute Gasteiger partial charge is 0.361 e. The molecule has 4 aromatic carbocycles. The summed E-state index contributed by atoms with van der Waals surface area (Å²) in [7, 11) is 0. The molecule has 0 radical (unpaired) electrons. The van der Waals surface area contributed by atoms with Gasteiger partial charge in [0.15, 0.2) is 5.78 Å². The normalized spacial score (nSPS) is 11.9. The van der Waals surface area contributed by atoms with Crippen molar-refractivity contribution < 1.29 is 9.21 Å². The summed E-state index contributed by atoms with van der Waals surface area (Å²) in [6, 6.07) is 39.4. The highest BCUT2D eigenvalue weighted by atomic mass is 16.3. The van der Waals surface area contributed by atoms with Crippen molar-refractivity contribution in [1.82, 2.24) is 0 Å². The molecule has 31 heavy (non-hydrogen) atoms. The van der Waals surface area contributed by atoms with Gasteiger partial charge in [-0.05, 0) is 29.3 Å². The number of carbonyl (C=O) groups excluding carboxylic acids is 1. The van der Waals surface area contributed by atoms with Crippen LogP contribution in [0.3, 0.4) is 0 Å². The van der Waals surface area contributed by atoms with Crippen molar-refractivity contribution in [2.24, 2.45) is 0 Å². The average molecular weight is 401 g/mol. The summed E-state index contributed by atoms with van der Waals surface area (Å²) in [6.07, 6.45) is 0. The fourth-order valence-corrected chi connectivity index (χ4v) is 4.03. The zero-order valence-electron chi connectivity index (χ0n) is 16.9. The van der Waals surface area contributed by atoms with Gasteiger partial charge in [-0.25, -0.2) is 4.42 Å². The molecule has 0 aliphatic rings. The smallest absolute Gasteiger partial charge is 0.293 e. The Morgan fingerprint density at radius 3 is 1.94 bits per heavy atom. The Balaban J connectivity index is 1.78. The van der Waals surface area contributed by atoms with E-state index < -0.39 is 5.92 Å². The summed E-state index contributed by atoms with van der Waals surface area (Å²) in [5.41, 5.74) is 4.35. The van der Waals surface area contributed by atoms with Crippen LogP contribution in [0.2, 0.25) is 0 Å². The van der Waals surface area contributed by atoms with Crippen LogP contribution < -0.4 is 0 Å². The maximum absolute atomic E-state index is 13.8. The minimum absolute atomic E-state index is 0.0714. The molecule has 0 amide bonds. The van der Waals surface area contributed by atoms with Crippen LogP contribution in [0, 0.1) is 0 Å². The number of rotatable bonds is 5. The molecule has 0 aliphatic heterocycles. The van der Waals surface area contributed by atoms with Gasteiger partial charge in [-0.15, -0.1) is 0 Å². The second-order valence-electron chi connectivity index (χ2n) is 7.50. The number of carbonyl (C=O) groups is 1. The first-order valence-corrected chi connectivity index (χ1v) is 10.4. The summed E-state index contributed by atoms with van der Waals surface area (Å²) in [5.74, 6) is 0.380. The average Bonchev–Trinajstić information content (AvgIpc) is 2.86. The van der Waals surface area contributed by atoms with Crippen molar-refractivity contribution >= 4 is 16.8 Å². The van der Waals surface area contributed by atoms with Crippen molar-refractivity contribution in [3.63, 3.8) is 0 Å². The molecule has 1 unspecified atom stereocenters. The predicted octanol–water partition coefficient (Wildman–Crippen LogP) is 7.40. The third-order valence-electron chi connectivity index (χ3n) is 5.53. The molecule has 0 saturated carbocycles. The van der Waals surface area contributed by atoms with E-state index in [1.165, 1.54) is 0 Å². The lowest BCUT2D eigenvalue weighted by Gasteiger charge is -2.17. The fourth-order valence-electron chi connectivity index (χ4n) is 4.03. The van der Waals surface area contributed by atoms with E-state index in [-0.39, 0.29) is 5.78 Å². The van der Waals surface area contributed by atoms with Gasteiger partial charge in [0, 0.05) is 17.7 Å². The number of ketones is 1. The summed E-state index contributed by atoms with van der Waals surface area (Å²) in [5, 5.41) is 0.945. The van der Waals surface area contributed by atoms with E-state index in [2.05, 4.69) is 0 Å². The molecule has 0 fully saturated rings. The number of hydrogen-bond donors (Lipinski definition) is 0. The molecule has 0 bridgehead atoms. The first-order chi connectivity index (χ1) is 15.3. The molecular formula is C29H21O2+. The molecule has 0 aliphatic carbocycles. The molecule has 2 heteroatoms. The number of para-hydroxylation sites is 1. The van der Waals surface area contributed by atoms with E-state index in [4.69, 9.17) is 4.42 Å². The zero-order chi connectivity index (χ0) is 21.0. The van der Waals surface area contributed by atoms with Crippen molar-refractivity contribution in [1.29, 1.82) is 0 Å². The van der Waals surface area contributed by atoms with E-state index in [0.717, 1.165) is 33.4 Å². The number of hydrogen-bond acceptors (Lipinski definition) is 1. The van der Waals surface area contributed by atoms with Gasteiger partial charge in [-0.3, -0.25) is 4.79 Å². The summed E-state index contributed by atoms with van der Waals surface area (Å²) in [6.45, 7) is 0. The first-order valence-electron chi connectivity index (χ1n) is 10.4. The van der Waals surface area contributed by atoms with Gasteiger partial charge in [0.1, 0.15) is 0 Å². The third-order valence-corrected chi connectivity index (χ3v) is 5.53. The maximum atomic E-state index is 13.8. The molecule has 0 saturated heterocycles. The van der Waals surface area contributed by atoms with E-state index in [9.17, 15) is 4.79 Å². The summed E-state index contributed by atoms with van der Waals surface area (Å²) < 4.78 is 6.25. The van der Waals surface area contributed by atoms with Crippen LogP contribution in [0.15, 0.2) is 126 Å². The van der Waals surface area contributed by atoms with Crippen LogP contribution in [-0.2, 0) is 0 Å². The Bertz CT molecular complexity index is 1330. The molecule has 1 heterocycles. The molecule has 148 valence electrons. The molecular weight excluding hydrogens is 380 g/mol. The topological polar surface area (TPSA) is 28.4 Å². The third kappa shape index (κ3) is 3.76. The lowest BCUT2D eigenvalue weighted by molar-refractivity contribution is 0.0974. The van der Waals surface area contributed by atoms with Crippen molar-refractivity contribution in [3.05, 3.63) is 138 Å². The standard InChI is InChI=1S/C29H21O2/c30-29(23-16-8-3-9-17-23)28(22-14-6-2-7-15-22)25-20-27(21-12-4-1-5-13-21)31-26-19-11-10-18-24(25)26/h1-20,28H/q+1. The molecule has 2 nitrogen and oxygen atoms in total. The second-order valence-corrected chi connectivity index (χ2v) is 7.50. The first kappa shape index (κ1) is 19.0. The number of Topliss-reactive ketones (excluding diaryl/α,β-unsaturated/α-hetero) is 1. The van der Waals surface area contributed by atoms with Gasteiger partial charge < -0.3 is 0 Å². The van der Waals surface area contributed by atoms with E-state index in [1.807, 2.05) is 121 Å². The van der Waals surface area contributed by atoms with E-state index >= 15 is 0 Å². The Morgan fingerprint density at radius 1 is 0.645 bits per heavy atom. The lowest BCUT2D eigenvalue weighted by atomic mass is 9.83. The monoisotopic (exact) mass is 401 g/mol. The Hall–Kier alpha value is -4.04.